The summed E-state index contributed by atoms with van der Waals surface area (Å²) in [7, 11) is 0. The molecule has 0 aromatic carbocycles. The van der Waals surface area contributed by atoms with Crippen molar-refractivity contribution >= 4 is 23.1 Å². The number of hydrogen-bond acceptors (Lipinski definition) is 0. The molecule has 0 aliphatic rings. The molecule has 0 aliphatic heterocycles. The quantitative estimate of drug-likeness (QED) is 0.261. The second-order valence-corrected chi connectivity index (χ2v) is 3.05. The SMILES string of the molecule is C=CCCCCCCCC[CH2-].[Br-].[Mg+2]. The summed E-state index contributed by atoms with van der Waals surface area (Å²) in [6.45, 7) is 7.52. The van der Waals surface area contributed by atoms with Gasteiger partial charge in [0.2, 0.25) is 0 Å². The Bertz CT molecular complexity index is 84.2. The van der Waals surface area contributed by atoms with E-state index in [1.165, 1.54) is 44.9 Å². The van der Waals surface area contributed by atoms with Crippen LogP contribution in [0.4, 0.5) is 0 Å². The van der Waals surface area contributed by atoms with Crippen molar-refractivity contribution in [1.82, 2.24) is 0 Å². The van der Waals surface area contributed by atoms with Crippen molar-refractivity contribution < 1.29 is 17.0 Å². The van der Waals surface area contributed by atoms with E-state index in [-0.39, 0.29) is 40.0 Å². The van der Waals surface area contributed by atoms with Crippen LogP contribution in [-0.2, 0) is 0 Å². The van der Waals surface area contributed by atoms with Gasteiger partial charge >= 0.3 is 23.1 Å². The van der Waals surface area contributed by atoms with Gasteiger partial charge in [0, 0.05) is 0 Å². The minimum absolute atomic E-state index is 0. The van der Waals surface area contributed by atoms with Gasteiger partial charge in [-0.1, -0.05) is 38.2 Å². The van der Waals surface area contributed by atoms with Gasteiger partial charge in [-0.15, -0.1) is 6.58 Å². The Morgan fingerprint density at radius 1 is 0.923 bits per heavy atom. The molecule has 13 heavy (non-hydrogen) atoms. The Kier molecular flexibility index (Phi) is 28.1. The Morgan fingerprint density at radius 3 is 1.85 bits per heavy atom. The fourth-order valence-electron chi connectivity index (χ4n) is 1.17. The van der Waals surface area contributed by atoms with E-state index in [1.807, 2.05) is 6.08 Å². The van der Waals surface area contributed by atoms with Crippen LogP contribution in [-0.4, -0.2) is 23.1 Å². The van der Waals surface area contributed by atoms with Crippen molar-refractivity contribution in [1.29, 1.82) is 0 Å². The van der Waals surface area contributed by atoms with Crippen LogP contribution in [0.3, 0.4) is 0 Å². The van der Waals surface area contributed by atoms with E-state index >= 15 is 0 Å². The van der Waals surface area contributed by atoms with Gasteiger partial charge < -0.3 is 23.9 Å². The second-order valence-electron chi connectivity index (χ2n) is 3.05. The fourth-order valence-corrected chi connectivity index (χ4v) is 1.17. The van der Waals surface area contributed by atoms with Crippen LogP contribution >= 0.6 is 0 Å². The zero-order valence-electron chi connectivity index (χ0n) is 8.73. The van der Waals surface area contributed by atoms with Gasteiger partial charge in [-0.25, -0.2) is 0 Å². The van der Waals surface area contributed by atoms with Crippen LogP contribution in [0.15, 0.2) is 12.7 Å². The van der Waals surface area contributed by atoms with E-state index in [0.29, 0.717) is 0 Å². The molecule has 0 saturated carbocycles. The smallest absolute Gasteiger partial charge is 1.00 e. The maximum atomic E-state index is 3.82. The molecule has 0 aromatic heterocycles. The molecule has 0 spiro atoms. The van der Waals surface area contributed by atoms with E-state index in [9.17, 15) is 0 Å². The van der Waals surface area contributed by atoms with Crippen molar-refractivity contribution in [3.05, 3.63) is 19.6 Å². The number of allylic oxidation sites excluding steroid dienone is 1. The molecule has 0 atom stereocenters. The van der Waals surface area contributed by atoms with Crippen LogP contribution in [0.25, 0.3) is 0 Å². The summed E-state index contributed by atoms with van der Waals surface area (Å²) in [5.41, 5.74) is 0. The van der Waals surface area contributed by atoms with Gasteiger partial charge in [0.15, 0.2) is 0 Å². The molecule has 74 valence electrons. The average molecular weight is 257 g/mol. The predicted octanol–water partition coefficient (Wildman–Crippen LogP) is 0.750. The minimum Gasteiger partial charge on any atom is -1.00 e. The third kappa shape index (κ3) is 19.4. The molecule has 0 aromatic rings. The molecule has 0 rings (SSSR count). The molecule has 0 saturated heterocycles. The van der Waals surface area contributed by atoms with Gasteiger partial charge in [0.05, 0.1) is 0 Å². The van der Waals surface area contributed by atoms with E-state index in [2.05, 4.69) is 13.5 Å². The zero-order chi connectivity index (χ0) is 8.36. The van der Waals surface area contributed by atoms with Crippen molar-refractivity contribution in [2.45, 2.75) is 51.4 Å². The molecule has 0 nitrogen and oxygen atoms in total. The van der Waals surface area contributed by atoms with E-state index in [0.717, 1.165) is 6.42 Å². The third-order valence-electron chi connectivity index (χ3n) is 1.91. The molecular weight excluding hydrogens is 236 g/mol. The van der Waals surface area contributed by atoms with Gasteiger partial charge in [-0.3, -0.25) is 0 Å². The normalized spacial score (nSPS) is 8.38. The molecule has 0 unspecified atom stereocenters. The van der Waals surface area contributed by atoms with Crippen molar-refractivity contribution in [3.63, 3.8) is 0 Å². The van der Waals surface area contributed by atoms with Gasteiger partial charge in [0.1, 0.15) is 0 Å². The van der Waals surface area contributed by atoms with Crippen LogP contribution in [0.5, 0.6) is 0 Å². The number of unbranched alkanes of at least 4 members (excludes halogenated alkanes) is 7. The summed E-state index contributed by atoms with van der Waals surface area (Å²) in [5.74, 6) is 0. The Labute approximate surface area is 110 Å². The first-order valence-corrected chi connectivity index (χ1v) is 4.82. The third-order valence-corrected chi connectivity index (χ3v) is 1.91. The van der Waals surface area contributed by atoms with Crippen LogP contribution in [0.1, 0.15) is 51.4 Å². The summed E-state index contributed by atoms with van der Waals surface area (Å²) in [6, 6.07) is 0. The van der Waals surface area contributed by atoms with E-state index < -0.39 is 0 Å². The Hall–Kier alpha value is 0.986. The predicted molar refractivity (Wildman–Crippen MR) is 58.2 cm³/mol. The van der Waals surface area contributed by atoms with Crippen LogP contribution in [0.2, 0.25) is 0 Å². The minimum atomic E-state index is 0. The van der Waals surface area contributed by atoms with Gasteiger partial charge in [-0.2, -0.15) is 6.42 Å². The summed E-state index contributed by atoms with van der Waals surface area (Å²) in [6.07, 6.45) is 12.5. The molecule has 0 bridgehead atoms. The standard InChI is InChI=1S/C11H21.BrH.Mg/c1-3-5-7-9-11-10-8-6-4-2;;/h3H,1-2,4-11H2;1H;/q-1;;+2/p-1. The molecule has 0 aliphatic carbocycles. The topological polar surface area (TPSA) is 0 Å². The zero-order valence-corrected chi connectivity index (χ0v) is 11.7. The van der Waals surface area contributed by atoms with E-state index in [1.54, 1.807) is 0 Å². The first kappa shape index (κ1) is 19.5. The van der Waals surface area contributed by atoms with Gasteiger partial charge in [0.25, 0.3) is 0 Å². The second kappa shape index (κ2) is 18.7. The first-order valence-electron chi connectivity index (χ1n) is 4.82. The summed E-state index contributed by atoms with van der Waals surface area (Å²) < 4.78 is 0. The number of halogens is 1. The summed E-state index contributed by atoms with van der Waals surface area (Å²) >= 11 is 0. The number of hydrogen-bond donors (Lipinski definition) is 0. The fraction of sp³-hybridized carbons (Fsp3) is 0.727. The molecule has 2 heteroatoms. The molecule has 0 fully saturated rings. The molecule has 0 radical (unpaired) electrons. The van der Waals surface area contributed by atoms with Crippen LogP contribution in [0, 0.1) is 6.92 Å². The van der Waals surface area contributed by atoms with E-state index in [4.69, 9.17) is 0 Å². The number of rotatable bonds is 8. The monoisotopic (exact) mass is 256 g/mol. The van der Waals surface area contributed by atoms with Crippen molar-refractivity contribution in [2.24, 2.45) is 0 Å². The van der Waals surface area contributed by atoms with Crippen LogP contribution < -0.4 is 17.0 Å². The van der Waals surface area contributed by atoms with Crippen molar-refractivity contribution in [3.8, 4) is 0 Å². The maximum absolute atomic E-state index is 3.82. The largest absolute Gasteiger partial charge is 2.00 e. The Balaban J connectivity index is -0.000000500. The Morgan fingerprint density at radius 2 is 1.38 bits per heavy atom. The maximum Gasteiger partial charge on any atom is 2.00 e. The molecule has 0 heterocycles. The first-order chi connectivity index (χ1) is 5.41. The molecule has 0 amide bonds. The van der Waals surface area contributed by atoms with Gasteiger partial charge in [-0.05, 0) is 12.8 Å². The molecule has 0 N–H and O–H groups in total. The summed E-state index contributed by atoms with van der Waals surface area (Å²) in [4.78, 5) is 0. The molecular formula is C11H21BrMg. The average Bonchev–Trinajstić information content (AvgIpc) is 2.03. The summed E-state index contributed by atoms with van der Waals surface area (Å²) in [5, 5.41) is 0. The van der Waals surface area contributed by atoms with Crippen molar-refractivity contribution in [2.75, 3.05) is 0 Å².